The molecule has 0 radical (unpaired) electrons. The number of pyridine rings is 1. The summed E-state index contributed by atoms with van der Waals surface area (Å²) in [6.45, 7) is 7.19. The Balaban J connectivity index is 2.15. The monoisotopic (exact) mass is 289 g/mol. The van der Waals surface area contributed by atoms with Crippen LogP contribution in [0.5, 0.6) is 0 Å². The lowest BCUT2D eigenvalue weighted by Gasteiger charge is -2.34. The van der Waals surface area contributed by atoms with Gasteiger partial charge in [0.2, 0.25) is 5.91 Å². The Bertz CT molecular complexity index is 516. The van der Waals surface area contributed by atoms with Crippen LogP contribution < -0.4 is 5.32 Å². The lowest BCUT2D eigenvalue weighted by atomic mass is 9.96. The van der Waals surface area contributed by atoms with E-state index < -0.39 is 5.54 Å². The average molecular weight is 289 g/mol. The molecule has 2 heterocycles. The molecule has 1 aliphatic heterocycles. The average Bonchev–Trinajstić information content (AvgIpc) is 2.88. The number of carbonyl (C=O) groups excluding carboxylic acids is 2. The van der Waals surface area contributed by atoms with Crippen molar-refractivity contribution in [3.05, 3.63) is 30.1 Å². The minimum absolute atomic E-state index is 0.0639. The van der Waals surface area contributed by atoms with Crippen LogP contribution in [0.4, 0.5) is 0 Å². The van der Waals surface area contributed by atoms with Gasteiger partial charge in [-0.1, -0.05) is 13.8 Å². The SMILES string of the molecule is CC(C)CNC(=O)C1(C)CCCN1C(=O)c1cccnc1. The molecule has 0 aromatic carbocycles. The summed E-state index contributed by atoms with van der Waals surface area (Å²) in [4.78, 5) is 30.8. The van der Waals surface area contributed by atoms with E-state index in [0.717, 1.165) is 6.42 Å². The van der Waals surface area contributed by atoms with Crippen molar-refractivity contribution in [3.8, 4) is 0 Å². The molecule has 5 heteroatoms. The van der Waals surface area contributed by atoms with Crippen LogP contribution in [-0.4, -0.2) is 40.3 Å². The van der Waals surface area contributed by atoms with E-state index in [4.69, 9.17) is 0 Å². The highest BCUT2D eigenvalue weighted by molar-refractivity contribution is 5.99. The molecule has 0 spiro atoms. The van der Waals surface area contributed by atoms with Crippen molar-refractivity contribution in [2.24, 2.45) is 5.92 Å². The zero-order chi connectivity index (χ0) is 15.5. The third-order valence-corrected chi connectivity index (χ3v) is 3.95. The van der Waals surface area contributed by atoms with Crippen LogP contribution in [-0.2, 0) is 4.79 Å². The molecular formula is C16H23N3O2. The van der Waals surface area contributed by atoms with Crippen LogP contribution in [0, 0.1) is 5.92 Å². The van der Waals surface area contributed by atoms with Gasteiger partial charge in [0.1, 0.15) is 5.54 Å². The molecule has 1 atom stereocenters. The van der Waals surface area contributed by atoms with Crippen LogP contribution in [0.2, 0.25) is 0 Å². The van der Waals surface area contributed by atoms with Gasteiger partial charge in [0.25, 0.3) is 5.91 Å². The van der Waals surface area contributed by atoms with E-state index in [1.807, 2.05) is 6.92 Å². The maximum atomic E-state index is 12.6. The lowest BCUT2D eigenvalue weighted by Crippen LogP contribution is -2.55. The highest BCUT2D eigenvalue weighted by Crippen LogP contribution is 2.30. The van der Waals surface area contributed by atoms with Crippen molar-refractivity contribution < 1.29 is 9.59 Å². The topological polar surface area (TPSA) is 62.3 Å². The minimum Gasteiger partial charge on any atom is -0.354 e. The molecule has 1 fully saturated rings. The Morgan fingerprint density at radius 3 is 2.86 bits per heavy atom. The van der Waals surface area contributed by atoms with Crippen molar-refractivity contribution in [2.45, 2.75) is 39.2 Å². The Kier molecular flexibility index (Phi) is 4.60. The molecule has 0 bridgehead atoms. The number of nitrogens with one attached hydrogen (secondary N) is 1. The molecule has 1 saturated heterocycles. The second-order valence-corrected chi connectivity index (χ2v) is 6.18. The van der Waals surface area contributed by atoms with E-state index in [1.54, 1.807) is 29.4 Å². The normalized spacial score (nSPS) is 21.6. The van der Waals surface area contributed by atoms with Crippen LogP contribution in [0.25, 0.3) is 0 Å². The van der Waals surface area contributed by atoms with Gasteiger partial charge in [-0.3, -0.25) is 14.6 Å². The summed E-state index contributed by atoms with van der Waals surface area (Å²) in [5.41, 5.74) is -0.232. The Hall–Kier alpha value is -1.91. The maximum Gasteiger partial charge on any atom is 0.256 e. The molecule has 114 valence electrons. The predicted octanol–water partition coefficient (Wildman–Crippen LogP) is 1.85. The van der Waals surface area contributed by atoms with Crippen LogP contribution >= 0.6 is 0 Å². The quantitative estimate of drug-likeness (QED) is 0.920. The highest BCUT2D eigenvalue weighted by Gasteiger charge is 2.45. The van der Waals surface area contributed by atoms with E-state index in [-0.39, 0.29) is 11.8 Å². The number of hydrogen-bond acceptors (Lipinski definition) is 3. The summed E-state index contributed by atoms with van der Waals surface area (Å²) in [6.07, 6.45) is 4.73. The van der Waals surface area contributed by atoms with Crippen molar-refractivity contribution in [1.82, 2.24) is 15.2 Å². The van der Waals surface area contributed by atoms with Gasteiger partial charge < -0.3 is 10.2 Å². The molecule has 1 N–H and O–H groups in total. The molecule has 21 heavy (non-hydrogen) atoms. The largest absolute Gasteiger partial charge is 0.354 e. The third kappa shape index (κ3) is 3.23. The summed E-state index contributed by atoms with van der Waals surface area (Å²) >= 11 is 0. The minimum atomic E-state index is -0.762. The molecule has 1 aromatic heterocycles. The fraction of sp³-hybridized carbons (Fsp3) is 0.562. The Morgan fingerprint density at radius 2 is 2.24 bits per heavy atom. The van der Waals surface area contributed by atoms with Gasteiger partial charge in [-0.05, 0) is 37.8 Å². The van der Waals surface area contributed by atoms with Crippen LogP contribution in [0.3, 0.4) is 0 Å². The molecule has 5 nitrogen and oxygen atoms in total. The molecule has 0 saturated carbocycles. The van der Waals surface area contributed by atoms with Crippen molar-refractivity contribution in [2.75, 3.05) is 13.1 Å². The third-order valence-electron chi connectivity index (χ3n) is 3.95. The van der Waals surface area contributed by atoms with Gasteiger partial charge in [0, 0.05) is 25.5 Å². The zero-order valence-electron chi connectivity index (χ0n) is 12.9. The first-order valence-electron chi connectivity index (χ1n) is 7.45. The summed E-state index contributed by atoms with van der Waals surface area (Å²) < 4.78 is 0. The van der Waals surface area contributed by atoms with Crippen LogP contribution in [0.15, 0.2) is 24.5 Å². The smallest absolute Gasteiger partial charge is 0.256 e. The highest BCUT2D eigenvalue weighted by atomic mass is 16.2. The van der Waals surface area contributed by atoms with Crippen molar-refractivity contribution in [1.29, 1.82) is 0 Å². The molecule has 2 amide bonds. The predicted molar refractivity (Wildman–Crippen MR) is 80.8 cm³/mol. The number of nitrogens with zero attached hydrogens (tertiary/aromatic N) is 2. The molecule has 1 aromatic rings. The van der Waals surface area contributed by atoms with E-state index in [9.17, 15) is 9.59 Å². The maximum absolute atomic E-state index is 12.6. The summed E-state index contributed by atoms with van der Waals surface area (Å²) in [6, 6.07) is 3.47. The van der Waals surface area contributed by atoms with Gasteiger partial charge in [-0.25, -0.2) is 0 Å². The molecule has 2 rings (SSSR count). The van der Waals surface area contributed by atoms with E-state index in [2.05, 4.69) is 24.1 Å². The van der Waals surface area contributed by atoms with Gasteiger partial charge in [-0.15, -0.1) is 0 Å². The summed E-state index contributed by atoms with van der Waals surface area (Å²) in [7, 11) is 0. The van der Waals surface area contributed by atoms with Gasteiger partial charge in [-0.2, -0.15) is 0 Å². The van der Waals surface area contributed by atoms with Gasteiger partial charge in [0.05, 0.1) is 5.56 Å². The van der Waals surface area contributed by atoms with Crippen LogP contribution in [0.1, 0.15) is 44.0 Å². The zero-order valence-corrected chi connectivity index (χ0v) is 12.9. The second-order valence-electron chi connectivity index (χ2n) is 6.18. The number of rotatable bonds is 4. The fourth-order valence-electron chi connectivity index (χ4n) is 2.66. The first-order chi connectivity index (χ1) is 9.95. The first-order valence-corrected chi connectivity index (χ1v) is 7.45. The lowest BCUT2D eigenvalue weighted by molar-refractivity contribution is -0.130. The van der Waals surface area contributed by atoms with E-state index >= 15 is 0 Å². The number of likely N-dealkylation sites (tertiary alicyclic amines) is 1. The van der Waals surface area contributed by atoms with Gasteiger partial charge >= 0.3 is 0 Å². The summed E-state index contributed by atoms with van der Waals surface area (Å²) in [5, 5.41) is 2.95. The Morgan fingerprint density at radius 1 is 1.48 bits per heavy atom. The second kappa shape index (κ2) is 6.24. The number of carbonyl (C=O) groups is 2. The van der Waals surface area contributed by atoms with Gasteiger partial charge in [0.15, 0.2) is 0 Å². The van der Waals surface area contributed by atoms with E-state index in [0.29, 0.717) is 31.0 Å². The molecule has 1 unspecified atom stereocenters. The van der Waals surface area contributed by atoms with E-state index in [1.165, 1.54) is 0 Å². The van der Waals surface area contributed by atoms with Crippen molar-refractivity contribution in [3.63, 3.8) is 0 Å². The fourth-order valence-corrected chi connectivity index (χ4v) is 2.66. The first kappa shape index (κ1) is 15.5. The van der Waals surface area contributed by atoms with Crippen molar-refractivity contribution >= 4 is 11.8 Å². The summed E-state index contributed by atoms with van der Waals surface area (Å²) in [5.74, 6) is 0.204. The number of aromatic nitrogens is 1. The number of amides is 2. The molecule has 0 aliphatic carbocycles. The molecular weight excluding hydrogens is 266 g/mol. The Labute approximate surface area is 125 Å². The molecule has 1 aliphatic rings. The number of hydrogen-bond donors (Lipinski definition) is 1. The standard InChI is InChI=1S/C16H23N3O2/c1-12(2)10-18-15(21)16(3)7-5-9-19(16)14(20)13-6-4-8-17-11-13/h4,6,8,11-12H,5,7,9-10H2,1-3H3,(H,18,21).